The minimum absolute atomic E-state index is 0.230. The first-order valence-electron chi connectivity index (χ1n) is 6.99. The highest BCUT2D eigenvalue weighted by atomic mass is 35.5. The molecule has 3 rings (SSSR count). The summed E-state index contributed by atoms with van der Waals surface area (Å²) >= 11 is 6.34. The molecule has 1 aromatic heterocycles. The number of nitrogens with two attached hydrogens (primary N) is 1. The first-order chi connectivity index (χ1) is 9.08. The molecule has 0 spiro atoms. The average molecular weight is 278 g/mol. The summed E-state index contributed by atoms with van der Waals surface area (Å²) in [6, 6.07) is 6.47. The molecule has 0 radical (unpaired) electrons. The summed E-state index contributed by atoms with van der Waals surface area (Å²) < 4.78 is 2.24. The lowest BCUT2D eigenvalue weighted by atomic mass is 10.1. The molecule has 1 fully saturated rings. The number of nitrogens with zero attached hydrogens (tertiary/aromatic N) is 2. The van der Waals surface area contributed by atoms with E-state index in [1.807, 2.05) is 18.2 Å². The molecule has 1 atom stereocenters. The SMILES string of the molecule is CC(C)n1c(CC(N)C2CC2)nc2cccc(Cl)c21. The molecule has 1 aliphatic rings. The molecule has 1 saturated carbocycles. The van der Waals surface area contributed by atoms with Crippen molar-refractivity contribution < 1.29 is 0 Å². The quantitative estimate of drug-likeness (QED) is 0.929. The van der Waals surface area contributed by atoms with Crippen molar-refractivity contribution in [1.82, 2.24) is 9.55 Å². The number of hydrogen-bond acceptors (Lipinski definition) is 2. The van der Waals surface area contributed by atoms with Gasteiger partial charge in [0.1, 0.15) is 5.82 Å². The van der Waals surface area contributed by atoms with Crippen LogP contribution in [0.15, 0.2) is 18.2 Å². The topological polar surface area (TPSA) is 43.8 Å². The second-order valence-electron chi connectivity index (χ2n) is 5.80. The molecule has 19 heavy (non-hydrogen) atoms. The van der Waals surface area contributed by atoms with Gasteiger partial charge >= 0.3 is 0 Å². The largest absolute Gasteiger partial charge is 0.327 e. The second-order valence-corrected chi connectivity index (χ2v) is 6.21. The fraction of sp³-hybridized carbons (Fsp3) is 0.533. The van der Waals surface area contributed by atoms with Gasteiger partial charge in [-0.25, -0.2) is 4.98 Å². The van der Waals surface area contributed by atoms with Crippen molar-refractivity contribution in [2.45, 2.75) is 45.2 Å². The Hall–Kier alpha value is -1.06. The van der Waals surface area contributed by atoms with Crippen LogP contribution in [-0.2, 0) is 6.42 Å². The van der Waals surface area contributed by atoms with E-state index in [4.69, 9.17) is 22.3 Å². The highest BCUT2D eigenvalue weighted by Crippen LogP contribution is 2.34. The molecule has 1 heterocycles. The molecule has 4 heteroatoms. The summed E-state index contributed by atoms with van der Waals surface area (Å²) in [4.78, 5) is 4.74. The Morgan fingerprint density at radius 3 is 2.79 bits per heavy atom. The zero-order valence-electron chi connectivity index (χ0n) is 11.4. The summed E-state index contributed by atoms with van der Waals surface area (Å²) in [7, 11) is 0. The number of aromatic nitrogens is 2. The van der Waals surface area contributed by atoms with Crippen LogP contribution in [0.2, 0.25) is 5.02 Å². The lowest BCUT2D eigenvalue weighted by Crippen LogP contribution is -2.27. The van der Waals surface area contributed by atoms with Crippen LogP contribution in [0.25, 0.3) is 11.0 Å². The van der Waals surface area contributed by atoms with Gasteiger partial charge in [0.2, 0.25) is 0 Å². The Bertz CT molecular complexity index is 599. The molecule has 0 saturated heterocycles. The van der Waals surface area contributed by atoms with Crippen molar-refractivity contribution in [2.75, 3.05) is 0 Å². The number of benzene rings is 1. The van der Waals surface area contributed by atoms with E-state index in [2.05, 4.69) is 18.4 Å². The highest BCUT2D eigenvalue weighted by Gasteiger charge is 2.30. The first kappa shape index (κ1) is 12.9. The van der Waals surface area contributed by atoms with Gasteiger partial charge in [0.25, 0.3) is 0 Å². The number of fused-ring (bicyclic) bond motifs is 1. The number of imidazole rings is 1. The average Bonchev–Trinajstić information content (AvgIpc) is 3.11. The first-order valence-corrected chi connectivity index (χ1v) is 7.36. The van der Waals surface area contributed by atoms with E-state index in [0.717, 1.165) is 28.3 Å². The van der Waals surface area contributed by atoms with Gasteiger partial charge in [0.15, 0.2) is 0 Å². The van der Waals surface area contributed by atoms with Crippen molar-refractivity contribution in [3.63, 3.8) is 0 Å². The maximum atomic E-state index is 6.34. The molecule has 2 N–H and O–H groups in total. The van der Waals surface area contributed by atoms with Crippen LogP contribution in [0.3, 0.4) is 0 Å². The van der Waals surface area contributed by atoms with Crippen LogP contribution in [0.5, 0.6) is 0 Å². The molecular formula is C15H20ClN3. The van der Waals surface area contributed by atoms with E-state index in [-0.39, 0.29) is 6.04 Å². The summed E-state index contributed by atoms with van der Waals surface area (Å²) in [6.07, 6.45) is 3.38. The molecule has 1 aliphatic carbocycles. The van der Waals surface area contributed by atoms with Gasteiger partial charge < -0.3 is 10.3 Å². The van der Waals surface area contributed by atoms with Crippen molar-refractivity contribution in [1.29, 1.82) is 0 Å². The Morgan fingerprint density at radius 2 is 2.16 bits per heavy atom. The van der Waals surface area contributed by atoms with Gasteiger partial charge in [0, 0.05) is 18.5 Å². The zero-order valence-corrected chi connectivity index (χ0v) is 12.2. The van der Waals surface area contributed by atoms with Crippen molar-refractivity contribution >= 4 is 22.6 Å². The molecule has 3 nitrogen and oxygen atoms in total. The van der Waals surface area contributed by atoms with Crippen LogP contribution in [-0.4, -0.2) is 15.6 Å². The van der Waals surface area contributed by atoms with Gasteiger partial charge in [-0.05, 0) is 44.7 Å². The lowest BCUT2D eigenvalue weighted by Gasteiger charge is -2.16. The summed E-state index contributed by atoms with van der Waals surface area (Å²) in [5.41, 5.74) is 8.26. The number of halogens is 1. The van der Waals surface area contributed by atoms with E-state index in [1.165, 1.54) is 12.8 Å². The van der Waals surface area contributed by atoms with Gasteiger partial charge in [-0.15, -0.1) is 0 Å². The van der Waals surface area contributed by atoms with Crippen LogP contribution >= 0.6 is 11.6 Å². The van der Waals surface area contributed by atoms with Crippen LogP contribution in [0, 0.1) is 5.92 Å². The summed E-state index contributed by atoms with van der Waals surface area (Å²) in [5, 5.41) is 0.768. The molecule has 1 unspecified atom stereocenters. The molecule has 0 aliphatic heterocycles. The Labute approximate surface area is 118 Å². The summed E-state index contributed by atoms with van der Waals surface area (Å²) in [5.74, 6) is 1.76. The normalized spacial score (nSPS) is 17.3. The maximum absolute atomic E-state index is 6.34. The number of rotatable bonds is 4. The Morgan fingerprint density at radius 1 is 1.42 bits per heavy atom. The highest BCUT2D eigenvalue weighted by molar-refractivity contribution is 6.35. The van der Waals surface area contributed by atoms with E-state index < -0.39 is 0 Å². The van der Waals surface area contributed by atoms with Crippen molar-refractivity contribution in [3.05, 3.63) is 29.0 Å². The Balaban J connectivity index is 2.07. The molecule has 1 aromatic carbocycles. The predicted molar refractivity (Wildman–Crippen MR) is 79.5 cm³/mol. The van der Waals surface area contributed by atoms with Gasteiger partial charge in [0.05, 0.1) is 16.1 Å². The monoisotopic (exact) mass is 277 g/mol. The zero-order chi connectivity index (χ0) is 13.6. The minimum atomic E-state index is 0.230. The van der Waals surface area contributed by atoms with Gasteiger partial charge in [-0.2, -0.15) is 0 Å². The van der Waals surface area contributed by atoms with Crippen LogP contribution in [0.4, 0.5) is 0 Å². The molecular weight excluding hydrogens is 258 g/mol. The van der Waals surface area contributed by atoms with E-state index >= 15 is 0 Å². The molecule has 0 bridgehead atoms. The molecule has 2 aromatic rings. The third kappa shape index (κ3) is 2.37. The third-order valence-corrected chi connectivity index (χ3v) is 4.20. The van der Waals surface area contributed by atoms with Crippen molar-refractivity contribution in [3.8, 4) is 0 Å². The summed E-state index contributed by atoms with van der Waals surface area (Å²) in [6.45, 7) is 4.33. The van der Waals surface area contributed by atoms with Crippen molar-refractivity contribution in [2.24, 2.45) is 11.7 Å². The number of para-hydroxylation sites is 1. The Kier molecular flexibility index (Phi) is 3.27. The predicted octanol–water partition coefficient (Wildman–Crippen LogP) is 3.55. The standard InChI is InChI=1S/C15H20ClN3/c1-9(2)19-14(8-12(17)10-6-7-10)18-13-5-3-4-11(16)15(13)19/h3-5,9-10,12H,6-8,17H2,1-2H3. The maximum Gasteiger partial charge on any atom is 0.111 e. The van der Waals surface area contributed by atoms with Crippen LogP contribution < -0.4 is 5.73 Å². The molecule has 0 amide bonds. The van der Waals surface area contributed by atoms with Gasteiger partial charge in [-0.1, -0.05) is 17.7 Å². The van der Waals surface area contributed by atoms with Gasteiger partial charge in [-0.3, -0.25) is 0 Å². The third-order valence-electron chi connectivity index (χ3n) is 3.90. The molecule has 102 valence electrons. The smallest absolute Gasteiger partial charge is 0.111 e. The van der Waals surface area contributed by atoms with E-state index in [1.54, 1.807) is 0 Å². The fourth-order valence-electron chi connectivity index (χ4n) is 2.76. The van der Waals surface area contributed by atoms with Crippen LogP contribution in [0.1, 0.15) is 38.6 Å². The number of hydrogen-bond donors (Lipinski definition) is 1. The van der Waals surface area contributed by atoms with E-state index in [9.17, 15) is 0 Å². The minimum Gasteiger partial charge on any atom is -0.327 e. The fourth-order valence-corrected chi connectivity index (χ4v) is 3.02. The lowest BCUT2D eigenvalue weighted by molar-refractivity contribution is 0.526. The second kappa shape index (κ2) is 4.80. The van der Waals surface area contributed by atoms with E-state index in [0.29, 0.717) is 12.0 Å².